The number of aliphatic carboxylic acids is 1. The molecule has 1 aliphatic heterocycles. The lowest BCUT2D eigenvalue weighted by Crippen LogP contribution is -2.55. The quantitative estimate of drug-likeness (QED) is 0.903. The van der Waals surface area contributed by atoms with Gasteiger partial charge in [-0.1, -0.05) is 6.92 Å². The van der Waals surface area contributed by atoms with Gasteiger partial charge < -0.3 is 14.4 Å². The molecule has 1 aliphatic carbocycles. The normalized spacial score (nSPS) is 30.9. The molecule has 7 heteroatoms. The minimum atomic E-state index is -1.19. The molecule has 2 heterocycles. The molecule has 1 amide bonds. The third-order valence-electron chi connectivity index (χ3n) is 5.40. The van der Waals surface area contributed by atoms with E-state index in [4.69, 9.17) is 4.74 Å². The van der Waals surface area contributed by atoms with E-state index in [0.717, 1.165) is 12.1 Å². The van der Waals surface area contributed by atoms with Crippen LogP contribution >= 0.6 is 0 Å². The van der Waals surface area contributed by atoms with Crippen LogP contribution in [-0.4, -0.2) is 48.8 Å². The lowest BCUT2D eigenvalue weighted by atomic mass is 9.85. The van der Waals surface area contributed by atoms with Gasteiger partial charge in [0.05, 0.1) is 12.0 Å². The highest BCUT2D eigenvalue weighted by Gasteiger charge is 2.73. The molecule has 1 saturated carbocycles. The summed E-state index contributed by atoms with van der Waals surface area (Å²) in [6.45, 7) is 9.81. The third kappa shape index (κ3) is 2.89. The van der Waals surface area contributed by atoms with Crippen molar-refractivity contribution in [3.8, 4) is 0 Å². The number of rotatable bonds is 4. The zero-order chi connectivity index (χ0) is 18.6. The summed E-state index contributed by atoms with van der Waals surface area (Å²) in [6.07, 6.45) is 4.82. The van der Waals surface area contributed by atoms with Crippen molar-refractivity contribution >= 4 is 12.1 Å². The van der Waals surface area contributed by atoms with Crippen LogP contribution in [-0.2, 0) is 16.1 Å². The molecule has 0 bridgehead atoms. The number of aryl methyl sites for hydroxylation is 1. The molecule has 0 spiro atoms. The summed E-state index contributed by atoms with van der Waals surface area (Å²) < 4.78 is 7.53. The Kier molecular flexibility index (Phi) is 3.89. The summed E-state index contributed by atoms with van der Waals surface area (Å²) in [6, 6.07) is -0.0962. The molecule has 2 fully saturated rings. The number of amides is 1. The van der Waals surface area contributed by atoms with Crippen molar-refractivity contribution in [3.05, 3.63) is 18.2 Å². The van der Waals surface area contributed by atoms with Crippen molar-refractivity contribution < 1.29 is 19.4 Å². The van der Waals surface area contributed by atoms with E-state index in [-0.39, 0.29) is 11.5 Å². The van der Waals surface area contributed by atoms with E-state index in [1.54, 1.807) is 27.1 Å². The fourth-order valence-corrected chi connectivity index (χ4v) is 4.23. The molecule has 1 saturated heterocycles. The molecule has 1 N–H and O–H groups in total. The number of carbonyl (C=O) groups is 2. The van der Waals surface area contributed by atoms with Crippen LogP contribution in [0.4, 0.5) is 4.79 Å². The Labute approximate surface area is 148 Å². The van der Waals surface area contributed by atoms with Gasteiger partial charge in [-0.15, -0.1) is 0 Å². The van der Waals surface area contributed by atoms with Gasteiger partial charge in [-0.2, -0.15) is 0 Å². The molecular formula is C18H27N3O4. The molecule has 2 aliphatic rings. The SMILES string of the molecule is CCC1(C(=O)O)C[C@@]2(Cn3cnc(C)c3)C[C@H]2N1C(=O)OC(C)(C)C. The van der Waals surface area contributed by atoms with E-state index >= 15 is 0 Å². The minimum absolute atomic E-state index is 0.0962. The van der Waals surface area contributed by atoms with Gasteiger partial charge in [-0.25, -0.2) is 14.6 Å². The first-order chi connectivity index (χ1) is 11.5. The standard InChI is InChI=1S/C18H27N3O4/c1-6-18(14(22)23)9-17(10-20-8-12(2)19-11-20)7-13(17)21(18)15(24)25-16(3,4)5/h8,11,13H,6-7,9-10H2,1-5H3,(H,22,23)/t13-,17-,18?/m1/s1. The Balaban J connectivity index is 1.90. The Morgan fingerprint density at radius 2 is 2.12 bits per heavy atom. The molecule has 1 aromatic heterocycles. The van der Waals surface area contributed by atoms with E-state index < -0.39 is 23.2 Å². The van der Waals surface area contributed by atoms with Crippen LogP contribution in [0, 0.1) is 12.3 Å². The number of likely N-dealkylation sites (tertiary alicyclic amines) is 1. The molecule has 0 radical (unpaired) electrons. The summed E-state index contributed by atoms with van der Waals surface area (Å²) in [5.41, 5.74) is -1.13. The highest BCUT2D eigenvalue weighted by molar-refractivity contribution is 5.86. The molecule has 7 nitrogen and oxygen atoms in total. The van der Waals surface area contributed by atoms with E-state index in [2.05, 4.69) is 4.98 Å². The van der Waals surface area contributed by atoms with Crippen LogP contribution < -0.4 is 0 Å². The van der Waals surface area contributed by atoms with Crippen molar-refractivity contribution in [3.63, 3.8) is 0 Å². The molecule has 25 heavy (non-hydrogen) atoms. The maximum absolute atomic E-state index is 12.8. The number of nitrogens with zero attached hydrogens (tertiary/aromatic N) is 3. The number of aromatic nitrogens is 2. The number of imidazole rings is 1. The maximum Gasteiger partial charge on any atom is 0.411 e. The first-order valence-corrected chi connectivity index (χ1v) is 8.77. The molecule has 138 valence electrons. The lowest BCUT2D eigenvalue weighted by Gasteiger charge is -2.37. The third-order valence-corrected chi connectivity index (χ3v) is 5.40. The second-order valence-corrected chi connectivity index (χ2v) is 8.49. The zero-order valence-corrected chi connectivity index (χ0v) is 15.6. The Hall–Kier alpha value is -2.05. The number of ether oxygens (including phenoxy) is 1. The van der Waals surface area contributed by atoms with Gasteiger partial charge in [0.2, 0.25) is 0 Å². The Morgan fingerprint density at radius 1 is 1.44 bits per heavy atom. The largest absolute Gasteiger partial charge is 0.479 e. The van der Waals surface area contributed by atoms with Crippen molar-refractivity contribution in [1.82, 2.24) is 14.5 Å². The molecular weight excluding hydrogens is 322 g/mol. The van der Waals surface area contributed by atoms with E-state index in [0.29, 0.717) is 19.4 Å². The van der Waals surface area contributed by atoms with Gasteiger partial charge in [0.1, 0.15) is 11.1 Å². The summed E-state index contributed by atoms with van der Waals surface area (Å²) in [7, 11) is 0. The predicted molar refractivity (Wildman–Crippen MR) is 91.1 cm³/mol. The van der Waals surface area contributed by atoms with Crippen LogP contribution in [0.25, 0.3) is 0 Å². The Bertz CT molecular complexity index is 707. The van der Waals surface area contributed by atoms with Gasteiger partial charge >= 0.3 is 12.1 Å². The van der Waals surface area contributed by atoms with Crippen LogP contribution in [0.15, 0.2) is 12.5 Å². The zero-order valence-electron chi connectivity index (χ0n) is 15.6. The second-order valence-electron chi connectivity index (χ2n) is 8.49. The van der Waals surface area contributed by atoms with Crippen molar-refractivity contribution in [2.45, 2.75) is 77.6 Å². The number of carbonyl (C=O) groups excluding carboxylic acids is 1. The molecule has 3 rings (SSSR count). The van der Waals surface area contributed by atoms with Gasteiger partial charge in [0, 0.05) is 24.2 Å². The fourth-order valence-electron chi connectivity index (χ4n) is 4.23. The number of carboxylic acid groups (broad SMARTS) is 1. The van der Waals surface area contributed by atoms with E-state index in [1.165, 1.54) is 4.90 Å². The summed E-state index contributed by atoms with van der Waals surface area (Å²) in [5.74, 6) is -0.950. The fraction of sp³-hybridized carbons (Fsp3) is 0.722. The number of fused-ring (bicyclic) bond motifs is 1. The average Bonchev–Trinajstić information content (AvgIpc) is 2.84. The maximum atomic E-state index is 12.8. The van der Waals surface area contributed by atoms with Crippen LogP contribution in [0.3, 0.4) is 0 Å². The number of hydrogen-bond donors (Lipinski definition) is 1. The smallest absolute Gasteiger partial charge is 0.411 e. The van der Waals surface area contributed by atoms with E-state index in [9.17, 15) is 14.7 Å². The van der Waals surface area contributed by atoms with Gasteiger partial charge in [-0.05, 0) is 47.0 Å². The lowest BCUT2D eigenvalue weighted by molar-refractivity contribution is -0.151. The molecule has 1 unspecified atom stereocenters. The van der Waals surface area contributed by atoms with Crippen molar-refractivity contribution in [2.24, 2.45) is 5.41 Å². The first kappa shape index (κ1) is 17.8. The van der Waals surface area contributed by atoms with Gasteiger partial charge in [-0.3, -0.25) is 4.90 Å². The topological polar surface area (TPSA) is 84.7 Å². The highest BCUT2D eigenvalue weighted by atomic mass is 16.6. The van der Waals surface area contributed by atoms with Crippen LogP contribution in [0.1, 0.15) is 52.7 Å². The van der Waals surface area contributed by atoms with Crippen LogP contribution in [0.2, 0.25) is 0 Å². The Morgan fingerprint density at radius 3 is 2.60 bits per heavy atom. The van der Waals surface area contributed by atoms with Gasteiger partial charge in [0.25, 0.3) is 0 Å². The molecule has 0 aromatic carbocycles. The monoisotopic (exact) mass is 349 g/mol. The number of piperidine rings is 1. The van der Waals surface area contributed by atoms with E-state index in [1.807, 2.05) is 24.6 Å². The van der Waals surface area contributed by atoms with Crippen LogP contribution in [0.5, 0.6) is 0 Å². The molecule has 3 atom stereocenters. The van der Waals surface area contributed by atoms with Crippen molar-refractivity contribution in [1.29, 1.82) is 0 Å². The van der Waals surface area contributed by atoms with Crippen molar-refractivity contribution in [2.75, 3.05) is 0 Å². The highest BCUT2D eigenvalue weighted by Crippen LogP contribution is 2.64. The molecule has 1 aromatic rings. The second kappa shape index (κ2) is 5.47. The average molecular weight is 349 g/mol. The minimum Gasteiger partial charge on any atom is -0.479 e. The number of hydrogen-bond acceptors (Lipinski definition) is 4. The van der Waals surface area contributed by atoms with Gasteiger partial charge in [0.15, 0.2) is 0 Å². The summed E-state index contributed by atoms with van der Waals surface area (Å²) >= 11 is 0. The first-order valence-electron chi connectivity index (χ1n) is 8.77. The summed E-state index contributed by atoms with van der Waals surface area (Å²) in [4.78, 5) is 30.7. The number of carboxylic acids is 1. The predicted octanol–water partition coefficient (Wildman–Crippen LogP) is 2.82. The summed E-state index contributed by atoms with van der Waals surface area (Å²) in [5, 5.41) is 9.94.